The van der Waals surface area contributed by atoms with Crippen LogP contribution in [0.2, 0.25) is 0 Å². The van der Waals surface area contributed by atoms with Crippen molar-refractivity contribution >= 4 is 54.7 Å². The third-order valence-electron chi connectivity index (χ3n) is 7.20. The standard InChI is InChI=1S/C29H24Br2N4O6/c30-20-7-8-23-22(12-20)29(36)34(28(33-23)18-4-2-1-3-5-18)32-14-19-11-21(31)13-24(35(37)38)27(19)39-15-17-6-9-25-26(10-17)41-16-40-25/h6-14,18H,1-5,15-16H2. The van der Waals surface area contributed by atoms with Gasteiger partial charge in [-0.05, 0) is 54.8 Å². The van der Waals surface area contributed by atoms with E-state index in [1.54, 1.807) is 30.3 Å². The number of hydrogen-bond donors (Lipinski definition) is 0. The van der Waals surface area contributed by atoms with E-state index in [1.807, 2.05) is 12.1 Å². The van der Waals surface area contributed by atoms with Crippen molar-refractivity contribution in [1.29, 1.82) is 0 Å². The summed E-state index contributed by atoms with van der Waals surface area (Å²) >= 11 is 6.80. The van der Waals surface area contributed by atoms with Crippen LogP contribution in [0, 0.1) is 10.1 Å². The Morgan fingerprint density at radius 3 is 2.66 bits per heavy atom. The number of nitro benzene ring substituents is 1. The van der Waals surface area contributed by atoms with Crippen molar-refractivity contribution in [2.24, 2.45) is 5.10 Å². The minimum absolute atomic E-state index is 0.0309. The van der Waals surface area contributed by atoms with E-state index in [2.05, 4.69) is 37.0 Å². The smallest absolute Gasteiger partial charge is 0.312 e. The molecule has 0 saturated heterocycles. The molecule has 0 spiro atoms. The lowest BCUT2D eigenvalue weighted by Crippen LogP contribution is -2.25. The fourth-order valence-electron chi connectivity index (χ4n) is 5.20. The molecule has 0 atom stereocenters. The van der Waals surface area contributed by atoms with E-state index in [9.17, 15) is 14.9 Å². The zero-order valence-corrected chi connectivity index (χ0v) is 24.9. The molecule has 6 rings (SSSR count). The first-order valence-electron chi connectivity index (χ1n) is 13.1. The summed E-state index contributed by atoms with van der Waals surface area (Å²) in [7, 11) is 0. The molecule has 2 heterocycles. The Morgan fingerprint density at radius 1 is 1.05 bits per heavy atom. The zero-order chi connectivity index (χ0) is 28.5. The molecule has 2 aliphatic rings. The Kier molecular flexibility index (Phi) is 7.76. The predicted molar refractivity (Wildman–Crippen MR) is 160 cm³/mol. The first-order valence-corrected chi connectivity index (χ1v) is 14.7. The van der Waals surface area contributed by atoms with Crippen LogP contribution in [0.15, 0.2) is 67.4 Å². The topological polar surface area (TPSA) is 118 Å². The number of hydrogen-bond acceptors (Lipinski definition) is 8. The molecule has 12 heteroatoms. The van der Waals surface area contributed by atoms with E-state index in [0.717, 1.165) is 42.1 Å². The third-order valence-corrected chi connectivity index (χ3v) is 8.15. The average Bonchev–Trinajstić information content (AvgIpc) is 3.44. The van der Waals surface area contributed by atoms with Gasteiger partial charge >= 0.3 is 5.69 Å². The van der Waals surface area contributed by atoms with E-state index < -0.39 is 4.92 Å². The van der Waals surface area contributed by atoms with E-state index >= 15 is 0 Å². The van der Waals surface area contributed by atoms with Crippen LogP contribution in [-0.4, -0.2) is 27.6 Å². The van der Waals surface area contributed by atoms with Crippen LogP contribution < -0.4 is 19.8 Å². The number of rotatable bonds is 7. The highest BCUT2D eigenvalue weighted by molar-refractivity contribution is 9.10. The van der Waals surface area contributed by atoms with E-state index in [-0.39, 0.29) is 36.3 Å². The summed E-state index contributed by atoms with van der Waals surface area (Å²) in [6.07, 6.45) is 6.51. The molecule has 1 fully saturated rings. The maximum atomic E-state index is 13.7. The summed E-state index contributed by atoms with van der Waals surface area (Å²) in [6.45, 7) is 0.181. The number of aromatic nitrogens is 2. The first-order chi connectivity index (χ1) is 19.9. The second kappa shape index (κ2) is 11.6. The van der Waals surface area contributed by atoms with Crippen LogP contribution in [0.25, 0.3) is 10.9 Å². The lowest BCUT2D eigenvalue weighted by molar-refractivity contribution is -0.386. The van der Waals surface area contributed by atoms with Crippen LogP contribution in [0.1, 0.15) is 55.0 Å². The van der Waals surface area contributed by atoms with Crippen LogP contribution in [0.5, 0.6) is 17.2 Å². The third kappa shape index (κ3) is 5.71. The molecule has 0 bridgehead atoms. The van der Waals surface area contributed by atoms with E-state index in [0.29, 0.717) is 38.3 Å². The second-order valence-electron chi connectivity index (χ2n) is 9.90. The fraction of sp³-hybridized carbons (Fsp3) is 0.276. The molecular weight excluding hydrogens is 660 g/mol. The van der Waals surface area contributed by atoms with Crippen LogP contribution >= 0.6 is 31.9 Å². The highest BCUT2D eigenvalue weighted by Crippen LogP contribution is 2.37. The molecule has 0 radical (unpaired) electrons. The van der Waals surface area contributed by atoms with Gasteiger partial charge in [0.05, 0.1) is 22.0 Å². The maximum absolute atomic E-state index is 13.7. The molecule has 1 aromatic heterocycles. The number of ether oxygens (including phenoxy) is 3. The van der Waals surface area contributed by atoms with Crippen molar-refractivity contribution in [3.05, 3.63) is 94.9 Å². The molecule has 1 aliphatic carbocycles. The van der Waals surface area contributed by atoms with Gasteiger partial charge in [-0.25, -0.2) is 4.98 Å². The van der Waals surface area contributed by atoms with Crippen LogP contribution in [0.4, 0.5) is 5.69 Å². The Labute approximate surface area is 251 Å². The van der Waals surface area contributed by atoms with Crippen molar-refractivity contribution in [3.63, 3.8) is 0 Å². The van der Waals surface area contributed by atoms with Gasteiger partial charge < -0.3 is 14.2 Å². The average molecular weight is 684 g/mol. The fourth-order valence-corrected chi connectivity index (χ4v) is 6.02. The van der Waals surface area contributed by atoms with Gasteiger partial charge in [0.2, 0.25) is 12.5 Å². The molecule has 1 aliphatic heterocycles. The minimum Gasteiger partial charge on any atom is -0.481 e. The van der Waals surface area contributed by atoms with Crippen molar-refractivity contribution in [1.82, 2.24) is 9.66 Å². The summed E-state index contributed by atoms with van der Waals surface area (Å²) in [5.74, 6) is 1.92. The highest BCUT2D eigenvalue weighted by atomic mass is 79.9. The number of halogens is 2. The van der Waals surface area contributed by atoms with Crippen LogP contribution in [-0.2, 0) is 6.61 Å². The largest absolute Gasteiger partial charge is 0.481 e. The van der Waals surface area contributed by atoms with Gasteiger partial charge in [0.1, 0.15) is 12.4 Å². The quantitative estimate of drug-likeness (QED) is 0.116. The lowest BCUT2D eigenvalue weighted by Gasteiger charge is -2.22. The Morgan fingerprint density at radius 2 is 1.85 bits per heavy atom. The molecule has 10 nitrogen and oxygen atoms in total. The minimum atomic E-state index is -0.508. The van der Waals surface area contributed by atoms with E-state index in [4.69, 9.17) is 19.2 Å². The highest BCUT2D eigenvalue weighted by Gasteiger charge is 2.24. The zero-order valence-electron chi connectivity index (χ0n) is 21.7. The van der Waals surface area contributed by atoms with Gasteiger partial charge in [0.15, 0.2) is 11.5 Å². The molecule has 0 amide bonds. The van der Waals surface area contributed by atoms with Crippen molar-refractivity contribution in [3.8, 4) is 17.2 Å². The second-order valence-corrected chi connectivity index (χ2v) is 11.7. The summed E-state index contributed by atoms with van der Waals surface area (Å²) in [5.41, 5.74) is 1.15. The predicted octanol–water partition coefficient (Wildman–Crippen LogP) is 7.07. The summed E-state index contributed by atoms with van der Waals surface area (Å²) < 4.78 is 19.4. The Balaban J connectivity index is 1.42. The van der Waals surface area contributed by atoms with E-state index in [1.165, 1.54) is 17.0 Å². The normalized spacial score (nSPS) is 15.1. The van der Waals surface area contributed by atoms with Gasteiger partial charge in [-0.2, -0.15) is 9.78 Å². The van der Waals surface area contributed by atoms with Gasteiger partial charge in [-0.1, -0.05) is 57.2 Å². The Bertz CT molecular complexity index is 1750. The molecule has 3 aromatic carbocycles. The van der Waals surface area contributed by atoms with Crippen molar-refractivity contribution in [2.45, 2.75) is 44.6 Å². The lowest BCUT2D eigenvalue weighted by atomic mass is 9.88. The summed E-state index contributed by atoms with van der Waals surface area (Å²) in [6, 6.07) is 13.8. The van der Waals surface area contributed by atoms with Crippen LogP contribution in [0.3, 0.4) is 0 Å². The Hall–Kier alpha value is -3.77. The number of benzene rings is 3. The summed E-state index contributed by atoms with van der Waals surface area (Å²) in [5, 5.41) is 17.0. The van der Waals surface area contributed by atoms with Gasteiger partial charge in [0.25, 0.3) is 5.56 Å². The number of nitro groups is 1. The monoisotopic (exact) mass is 682 g/mol. The van der Waals surface area contributed by atoms with Crippen molar-refractivity contribution in [2.75, 3.05) is 6.79 Å². The molecule has 1 saturated carbocycles. The number of fused-ring (bicyclic) bond motifs is 2. The molecule has 41 heavy (non-hydrogen) atoms. The molecule has 0 N–H and O–H groups in total. The van der Waals surface area contributed by atoms with Crippen molar-refractivity contribution < 1.29 is 19.1 Å². The molecule has 4 aromatic rings. The number of nitrogens with zero attached hydrogens (tertiary/aromatic N) is 4. The van der Waals surface area contributed by atoms with Gasteiger partial charge in [0, 0.05) is 26.5 Å². The molecule has 0 unspecified atom stereocenters. The molecule has 210 valence electrons. The summed E-state index contributed by atoms with van der Waals surface area (Å²) in [4.78, 5) is 30.1. The maximum Gasteiger partial charge on any atom is 0.312 e. The SMILES string of the molecule is O=c1c2cc(Br)ccc2nc(C2CCCCC2)n1N=Cc1cc(Br)cc([N+](=O)[O-])c1OCc1ccc2c(c1)OCO2. The first kappa shape index (κ1) is 27.4. The van der Waals surface area contributed by atoms with Gasteiger partial charge in [-0.15, -0.1) is 0 Å². The van der Waals surface area contributed by atoms with Gasteiger partial charge in [-0.3, -0.25) is 14.9 Å². The molecular formula is C29H24Br2N4O6.